The summed E-state index contributed by atoms with van der Waals surface area (Å²) in [6, 6.07) is 1.49. The van der Waals surface area contributed by atoms with Crippen LogP contribution in [-0.4, -0.2) is 11.1 Å². The van der Waals surface area contributed by atoms with Crippen LogP contribution in [0.25, 0.3) is 0 Å². The van der Waals surface area contributed by atoms with Gasteiger partial charge in [-0.05, 0) is 17.5 Å². The third-order valence-electron chi connectivity index (χ3n) is 2.54. The first-order valence-corrected chi connectivity index (χ1v) is 5.29. The Morgan fingerprint density at radius 3 is 2.47 bits per heavy atom. The predicted molar refractivity (Wildman–Crippen MR) is 59.6 cm³/mol. The predicted octanol–water partition coefficient (Wildman–Crippen LogP) is 2.56. The highest BCUT2D eigenvalue weighted by Crippen LogP contribution is 2.25. The molecule has 0 amide bonds. The minimum Gasteiger partial charge on any atom is -0.481 e. The van der Waals surface area contributed by atoms with Crippen molar-refractivity contribution in [1.29, 1.82) is 0 Å². The Morgan fingerprint density at radius 1 is 1.41 bits per heavy atom. The van der Waals surface area contributed by atoms with E-state index in [1.165, 1.54) is 6.07 Å². The number of halogens is 2. The molecule has 0 spiro atoms. The number of nitrogens with two attached hydrogens (primary N) is 1. The summed E-state index contributed by atoms with van der Waals surface area (Å²) in [4.78, 5) is 10.5. The first-order chi connectivity index (χ1) is 7.82. The maximum absolute atomic E-state index is 13.5. The standard InChI is InChI=1S/C12H15F2NO2/c1-6(2)7-3-8(10(15)5-11(16)17)12(14)9(13)4-7/h3-4,6,10H,5,15H2,1-2H3,(H,16,17). The Hall–Kier alpha value is -1.49. The van der Waals surface area contributed by atoms with E-state index in [4.69, 9.17) is 10.8 Å². The van der Waals surface area contributed by atoms with Gasteiger partial charge in [-0.15, -0.1) is 0 Å². The highest BCUT2D eigenvalue weighted by Gasteiger charge is 2.19. The van der Waals surface area contributed by atoms with Crippen LogP contribution < -0.4 is 5.73 Å². The zero-order valence-electron chi connectivity index (χ0n) is 9.71. The fraction of sp³-hybridized carbons (Fsp3) is 0.417. The van der Waals surface area contributed by atoms with Gasteiger partial charge in [-0.3, -0.25) is 4.79 Å². The Bertz CT molecular complexity index is 433. The van der Waals surface area contributed by atoms with Crippen molar-refractivity contribution in [2.45, 2.75) is 32.2 Å². The molecule has 3 N–H and O–H groups in total. The van der Waals surface area contributed by atoms with E-state index < -0.39 is 30.1 Å². The van der Waals surface area contributed by atoms with Gasteiger partial charge >= 0.3 is 5.97 Å². The van der Waals surface area contributed by atoms with Gasteiger partial charge in [0.2, 0.25) is 0 Å². The first-order valence-electron chi connectivity index (χ1n) is 5.29. The highest BCUT2D eigenvalue weighted by molar-refractivity contribution is 5.67. The molecule has 0 aliphatic carbocycles. The molecule has 94 valence electrons. The van der Waals surface area contributed by atoms with Gasteiger partial charge in [-0.2, -0.15) is 0 Å². The maximum Gasteiger partial charge on any atom is 0.305 e. The summed E-state index contributed by atoms with van der Waals surface area (Å²) >= 11 is 0. The molecule has 0 aliphatic heterocycles. The lowest BCUT2D eigenvalue weighted by Gasteiger charge is -2.14. The summed E-state index contributed by atoms with van der Waals surface area (Å²) < 4.78 is 26.8. The van der Waals surface area contributed by atoms with Gasteiger partial charge in [-0.25, -0.2) is 8.78 Å². The minimum atomic E-state index is -1.15. The zero-order chi connectivity index (χ0) is 13.2. The topological polar surface area (TPSA) is 63.3 Å². The largest absolute Gasteiger partial charge is 0.481 e. The van der Waals surface area contributed by atoms with E-state index in [9.17, 15) is 13.6 Å². The summed E-state index contributed by atoms with van der Waals surface area (Å²) in [5.74, 6) is -3.19. The molecule has 0 saturated carbocycles. The smallest absolute Gasteiger partial charge is 0.305 e. The van der Waals surface area contributed by atoms with Crippen LogP contribution in [0.2, 0.25) is 0 Å². The molecule has 1 unspecified atom stereocenters. The van der Waals surface area contributed by atoms with E-state index in [0.29, 0.717) is 5.56 Å². The molecular formula is C12H15F2NO2. The normalized spacial score (nSPS) is 12.8. The van der Waals surface area contributed by atoms with Crippen molar-refractivity contribution >= 4 is 5.97 Å². The summed E-state index contributed by atoms with van der Waals surface area (Å²) in [6.07, 6.45) is -0.433. The molecule has 5 heteroatoms. The van der Waals surface area contributed by atoms with Gasteiger partial charge in [-0.1, -0.05) is 19.9 Å². The number of carbonyl (C=O) groups is 1. The zero-order valence-corrected chi connectivity index (χ0v) is 9.71. The molecular weight excluding hydrogens is 228 g/mol. The second-order valence-electron chi connectivity index (χ2n) is 4.26. The van der Waals surface area contributed by atoms with Crippen molar-refractivity contribution in [2.75, 3.05) is 0 Å². The van der Waals surface area contributed by atoms with Crippen molar-refractivity contribution in [3.63, 3.8) is 0 Å². The van der Waals surface area contributed by atoms with E-state index >= 15 is 0 Å². The van der Waals surface area contributed by atoms with Gasteiger partial charge in [0.05, 0.1) is 6.42 Å². The van der Waals surface area contributed by atoms with Gasteiger partial charge in [0.15, 0.2) is 11.6 Å². The third-order valence-corrected chi connectivity index (χ3v) is 2.54. The van der Waals surface area contributed by atoms with E-state index in [0.717, 1.165) is 6.07 Å². The monoisotopic (exact) mass is 243 g/mol. The fourth-order valence-corrected chi connectivity index (χ4v) is 1.53. The number of hydrogen-bond acceptors (Lipinski definition) is 2. The molecule has 1 aromatic carbocycles. The number of aliphatic carboxylic acids is 1. The molecule has 0 bridgehead atoms. The van der Waals surface area contributed by atoms with Crippen LogP contribution in [0, 0.1) is 11.6 Å². The minimum absolute atomic E-state index is 0.0147. The van der Waals surface area contributed by atoms with Crippen LogP contribution in [0.15, 0.2) is 12.1 Å². The molecule has 1 aromatic rings. The number of hydrogen-bond donors (Lipinski definition) is 2. The van der Waals surface area contributed by atoms with E-state index in [2.05, 4.69) is 0 Å². The van der Waals surface area contributed by atoms with Crippen molar-refractivity contribution in [1.82, 2.24) is 0 Å². The van der Waals surface area contributed by atoms with Crippen molar-refractivity contribution < 1.29 is 18.7 Å². The maximum atomic E-state index is 13.5. The van der Waals surface area contributed by atoms with E-state index in [1.807, 2.05) is 13.8 Å². The average molecular weight is 243 g/mol. The van der Waals surface area contributed by atoms with E-state index in [-0.39, 0.29) is 11.5 Å². The first kappa shape index (κ1) is 13.6. The lowest BCUT2D eigenvalue weighted by molar-refractivity contribution is -0.137. The molecule has 0 aliphatic rings. The Balaban J connectivity index is 3.17. The number of rotatable bonds is 4. The molecule has 0 radical (unpaired) electrons. The lowest BCUT2D eigenvalue weighted by atomic mass is 9.96. The second kappa shape index (κ2) is 5.23. The van der Waals surface area contributed by atoms with Gasteiger partial charge in [0, 0.05) is 11.6 Å². The molecule has 0 fully saturated rings. The molecule has 0 heterocycles. The van der Waals surface area contributed by atoms with Crippen molar-refractivity contribution in [3.05, 3.63) is 34.9 Å². The highest BCUT2D eigenvalue weighted by atomic mass is 19.2. The van der Waals surface area contributed by atoms with Crippen LogP contribution in [-0.2, 0) is 4.79 Å². The quantitative estimate of drug-likeness (QED) is 0.854. The Kier molecular flexibility index (Phi) is 4.17. The van der Waals surface area contributed by atoms with Gasteiger partial charge in [0.1, 0.15) is 0 Å². The van der Waals surface area contributed by atoms with Crippen molar-refractivity contribution in [3.8, 4) is 0 Å². The fourth-order valence-electron chi connectivity index (χ4n) is 1.53. The molecule has 1 rings (SSSR count). The number of carboxylic acid groups (broad SMARTS) is 1. The summed E-state index contributed by atoms with van der Waals surface area (Å²) in [7, 11) is 0. The summed E-state index contributed by atoms with van der Waals surface area (Å²) in [5, 5.41) is 8.59. The molecule has 1 atom stereocenters. The van der Waals surface area contributed by atoms with Crippen molar-refractivity contribution in [2.24, 2.45) is 5.73 Å². The van der Waals surface area contributed by atoms with Gasteiger partial charge < -0.3 is 10.8 Å². The summed E-state index contributed by atoms with van der Waals surface area (Å²) in [5.41, 5.74) is 6.06. The van der Waals surface area contributed by atoms with Crippen LogP contribution in [0.3, 0.4) is 0 Å². The van der Waals surface area contributed by atoms with Gasteiger partial charge in [0.25, 0.3) is 0 Å². The summed E-state index contributed by atoms with van der Waals surface area (Å²) in [6.45, 7) is 3.67. The SMILES string of the molecule is CC(C)c1cc(F)c(F)c(C(N)CC(=O)O)c1. The number of carboxylic acids is 1. The molecule has 0 saturated heterocycles. The third kappa shape index (κ3) is 3.23. The number of benzene rings is 1. The van der Waals surface area contributed by atoms with Crippen LogP contribution in [0.1, 0.15) is 43.4 Å². The molecule has 3 nitrogen and oxygen atoms in total. The van der Waals surface area contributed by atoms with Crippen LogP contribution >= 0.6 is 0 Å². The Labute approximate surface area is 98.2 Å². The van der Waals surface area contributed by atoms with Crippen LogP contribution in [0.5, 0.6) is 0 Å². The van der Waals surface area contributed by atoms with Crippen LogP contribution in [0.4, 0.5) is 8.78 Å². The average Bonchev–Trinajstić information content (AvgIpc) is 2.20. The lowest BCUT2D eigenvalue weighted by Crippen LogP contribution is -2.17. The molecule has 0 aromatic heterocycles. The molecule has 17 heavy (non-hydrogen) atoms. The Morgan fingerprint density at radius 2 is 2.00 bits per heavy atom. The second-order valence-corrected chi connectivity index (χ2v) is 4.26. The van der Waals surface area contributed by atoms with E-state index in [1.54, 1.807) is 0 Å².